The maximum Gasteiger partial charge on any atom is 0.316 e. The molecule has 0 saturated carbocycles. The Balaban J connectivity index is 1.46. The first kappa shape index (κ1) is 21.1. The Morgan fingerprint density at radius 3 is 2.25 bits per heavy atom. The number of hydrogen-bond acceptors (Lipinski definition) is 6. The predicted octanol–water partition coefficient (Wildman–Crippen LogP) is 3.70. The van der Waals surface area contributed by atoms with Crippen LogP contribution in [0.1, 0.15) is 16.2 Å². The Bertz CT molecular complexity index is 1230. The van der Waals surface area contributed by atoms with E-state index < -0.39 is 6.03 Å². The van der Waals surface area contributed by atoms with E-state index in [2.05, 4.69) is 26.2 Å². The summed E-state index contributed by atoms with van der Waals surface area (Å²) in [6.07, 6.45) is 0. The van der Waals surface area contributed by atoms with Gasteiger partial charge in [-0.15, -0.1) is 16.9 Å². The SMILES string of the molecule is NC(=O)Nc1ccc(NC(=O)c2ccccc2SCc2nnnn2-c2ccccc2)cc1. The number of rotatable bonds is 7. The van der Waals surface area contributed by atoms with Gasteiger partial charge in [0.25, 0.3) is 5.91 Å². The molecular formula is C22H19N7O2S. The summed E-state index contributed by atoms with van der Waals surface area (Å²) in [4.78, 5) is 24.6. The average Bonchev–Trinajstić information content (AvgIpc) is 3.28. The van der Waals surface area contributed by atoms with E-state index in [0.717, 1.165) is 10.6 Å². The summed E-state index contributed by atoms with van der Waals surface area (Å²) in [5.74, 6) is 0.917. The van der Waals surface area contributed by atoms with E-state index in [1.807, 2.05) is 48.5 Å². The fourth-order valence-corrected chi connectivity index (χ4v) is 3.92. The second kappa shape index (κ2) is 9.75. The molecule has 0 spiro atoms. The number of nitrogens with one attached hydrogen (secondary N) is 2. The van der Waals surface area contributed by atoms with Gasteiger partial charge in [0.15, 0.2) is 5.82 Å². The number of thioether (sulfide) groups is 1. The van der Waals surface area contributed by atoms with Gasteiger partial charge in [-0.25, -0.2) is 4.79 Å². The predicted molar refractivity (Wildman–Crippen MR) is 123 cm³/mol. The van der Waals surface area contributed by atoms with Crippen LogP contribution in [-0.4, -0.2) is 32.1 Å². The molecule has 4 rings (SSSR count). The van der Waals surface area contributed by atoms with Crippen LogP contribution < -0.4 is 16.4 Å². The lowest BCUT2D eigenvalue weighted by atomic mass is 10.2. The zero-order valence-electron chi connectivity index (χ0n) is 16.8. The van der Waals surface area contributed by atoms with Crippen molar-refractivity contribution in [1.29, 1.82) is 0 Å². The van der Waals surface area contributed by atoms with Crippen molar-refractivity contribution >= 4 is 35.1 Å². The van der Waals surface area contributed by atoms with Gasteiger partial charge < -0.3 is 16.4 Å². The van der Waals surface area contributed by atoms with Crippen molar-refractivity contribution in [2.24, 2.45) is 5.73 Å². The van der Waals surface area contributed by atoms with Gasteiger partial charge in [0.05, 0.1) is 17.0 Å². The molecule has 0 radical (unpaired) electrons. The molecule has 0 aliphatic carbocycles. The van der Waals surface area contributed by atoms with E-state index in [9.17, 15) is 9.59 Å². The van der Waals surface area contributed by atoms with Crippen LogP contribution in [0.3, 0.4) is 0 Å². The van der Waals surface area contributed by atoms with Gasteiger partial charge in [-0.05, 0) is 59.0 Å². The van der Waals surface area contributed by atoms with Gasteiger partial charge in [0.1, 0.15) is 0 Å². The zero-order valence-corrected chi connectivity index (χ0v) is 17.6. The maximum absolute atomic E-state index is 12.9. The third-order valence-electron chi connectivity index (χ3n) is 4.43. The van der Waals surface area contributed by atoms with Crippen molar-refractivity contribution in [3.05, 3.63) is 90.3 Å². The van der Waals surface area contributed by atoms with Crippen LogP contribution in [0.25, 0.3) is 5.69 Å². The number of tetrazole rings is 1. The molecule has 160 valence electrons. The van der Waals surface area contributed by atoms with Crippen molar-refractivity contribution < 1.29 is 9.59 Å². The van der Waals surface area contributed by atoms with Crippen molar-refractivity contribution in [3.8, 4) is 5.69 Å². The summed E-state index contributed by atoms with van der Waals surface area (Å²) in [5, 5.41) is 17.3. The minimum Gasteiger partial charge on any atom is -0.351 e. The minimum absolute atomic E-state index is 0.244. The van der Waals surface area contributed by atoms with Crippen LogP contribution in [-0.2, 0) is 5.75 Å². The first-order valence-electron chi connectivity index (χ1n) is 9.62. The molecule has 1 aromatic heterocycles. The van der Waals surface area contributed by atoms with E-state index in [-0.39, 0.29) is 5.91 Å². The molecule has 1 heterocycles. The topological polar surface area (TPSA) is 128 Å². The number of amides is 3. The highest BCUT2D eigenvalue weighted by atomic mass is 32.2. The summed E-state index contributed by atoms with van der Waals surface area (Å²) in [5.41, 5.74) is 7.65. The standard InChI is InChI=1S/C22H19N7O2S/c23-22(31)25-16-12-10-15(11-13-16)24-21(30)18-8-4-5-9-19(18)32-14-20-26-27-28-29(20)17-6-2-1-3-7-17/h1-13H,14H2,(H,24,30)(H3,23,25,31). The largest absolute Gasteiger partial charge is 0.351 e. The molecule has 0 bridgehead atoms. The average molecular weight is 446 g/mol. The van der Waals surface area contributed by atoms with Gasteiger partial charge in [0, 0.05) is 16.3 Å². The lowest BCUT2D eigenvalue weighted by Gasteiger charge is -2.11. The molecule has 0 saturated heterocycles. The number of carbonyl (C=O) groups is 2. The third kappa shape index (κ3) is 5.10. The summed E-state index contributed by atoms with van der Waals surface area (Å²) < 4.78 is 1.68. The number of hydrogen-bond donors (Lipinski definition) is 3. The number of para-hydroxylation sites is 1. The molecule has 4 aromatic rings. The first-order chi connectivity index (χ1) is 15.6. The molecule has 10 heteroatoms. The number of primary amides is 1. The number of urea groups is 1. The smallest absolute Gasteiger partial charge is 0.316 e. The van der Waals surface area contributed by atoms with Crippen LogP contribution in [0.15, 0.2) is 83.8 Å². The lowest BCUT2D eigenvalue weighted by Crippen LogP contribution is -2.19. The van der Waals surface area contributed by atoms with Gasteiger partial charge in [0.2, 0.25) is 0 Å². The van der Waals surface area contributed by atoms with E-state index >= 15 is 0 Å². The maximum atomic E-state index is 12.9. The number of carbonyl (C=O) groups excluding carboxylic acids is 2. The molecule has 0 unspecified atom stereocenters. The number of benzene rings is 3. The van der Waals surface area contributed by atoms with Gasteiger partial charge in [-0.3, -0.25) is 4.79 Å². The van der Waals surface area contributed by atoms with E-state index in [0.29, 0.717) is 28.5 Å². The van der Waals surface area contributed by atoms with E-state index in [1.165, 1.54) is 11.8 Å². The molecule has 3 aromatic carbocycles. The van der Waals surface area contributed by atoms with E-state index in [4.69, 9.17) is 5.73 Å². The Labute approximate surface area is 188 Å². The van der Waals surface area contributed by atoms with Crippen LogP contribution in [0, 0.1) is 0 Å². The Morgan fingerprint density at radius 1 is 0.875 bits per heavy atom. The number of nitrogens with zero attached hydrogens (tertiary/aromatic N) is 4. The molecule has 9 nitrogen and oxygen atoms in total. The molecule has 0 fully saturated rings. The van der Waals surface area contributed by atoms with Crippen LogP contribution in [0.5, 0.6) is 0 Å². The highest BCUT2D eigenvalue weighted by molar-refractivity contribution is 7.98. The number of anilines is 2. The van der Waals surface area contributed by atoms with Crippen molar-refractivity contribution in [2.75, 3.05) is 10.6 Å². The summed E-state index contributed by atoms with van der Waals surface area (Å²) in [6, 6.07) is 23.0. The normalized spacial score (nSPS) is 10.5. The molecule has 0 aliphatic heterocycles. The van der Waals surface area contributed by atoms with Crippen molar-refractivity contribution in [1.82, 2.24) is 20.2 Å². The summed E-state index contributed by atoms with van der Waals surface area (Å²) in [6.45, 7) is 0. The van der Waals surface area contributed by atoms with Crippen molar-refractivity contribution in [3.63, 3.8) is 0 Å². The molecular weight excluding hydrogens is 426 g/mol. The van der Waals surface area contributed by atoms with E-state index in [1.54, 1.807) is 35.0 Å². The van der Waals surface area contributed by atoms with Crippen LogP contribution in [0.4, 0.5) is 16.2 Å². The molecule has 0 atom stereocenters. The minimum atomic E-state index is -0.647. The second-order valence-electron chi connectivity index (χ2n) is 6.65. The monoisotopic (exact) mass is 445 g/mol. The van der Waals surface area contributed by atoms with Gasteiger partial charge >= 0.3 is 6.03 Å². The summed E-state index contributed by atoms with van der Waals surface area (Å²) in [7, 11) is 0. The fourth-order valence-electron chi connectivity index (χ4n) is 2.97. The fraction of sp³-hybridized carbons (Fsp3) is 0.0455. The van der Waals surface area contributed by atoms with Crippen LogP contribution >= 0.6 is 11.8 Å². The van der Waals surface area contributed by atoms with Crippen LogP contribution in [0.2, 0.25) is 0 Å². The Hall–Kier alpha value is -4.18. The molecule has 3 amide bonds. The first-order valence-corrected chi connectivity index (χ1v) is 10.6. The molecule has 0 aliphatic rings. The number of aromatic nitrogens is 4. The highest BCUT2D eigenvalue weighted by Crippen LogP contribution is 2.27. The molecule has 4 N–H and O–H groups in total. The molecule has 32 heavy (non-hydrogen) atoms. The highest BCUT2D eigenvalue weighted by Gasteiger charge is 2.14. The Kier molecular flexibility index (Phi) is 6.42. The van der Waals surface area contributed by atoms with Gasteiger partial charge in [-0.1, -0.05) is 30.3 Å². The zero-order chi connectivity index (χ0) is 22.3. The van der Waals surface area contributed by atoms with Gasteiger partial charge in [-0.2, -0.15) is 4.68 Å². The third-order valence-corrected chi connectivity index (χ3v) is 5.50. The second-order valence-corrected chi connectivity index (χ2v) is 7.67. The van der Waals surface area contributed by atoms with Crippen molar-refractivity contribution in [2.45, 2.75) is 10.6 Å². The lowest BCUT2D eigenvalue weighted by molar-refractivity contribution is 0.102. The Morgan fingerprint density at radius 2 is 1.53 bits per heavy atom. The summed E-state index contributed by atoms with van der Waals surface area (Å²) >= 11 is 1.48. The number of nitrogens with two attached hydrogens (primary N) is 1. The quantitative estimate of drug-likeness (QED) is 0.372.